The molecule has 3 aromatic rings. The summed E-state index contributed by atoms with van der Waals surface area (Å²) in [4.78, 5) is 22.6. The molecule has 1 fully saturated rings. The lowest BCUT2D eigenvalue weighted by Crippen LogP contribution is -2.53. The predicted molar refractivity (Wildman–Crippen MR) is 124 cm³/mol. The standard InChI is InChI=1S/C26H22BrN3O2/c1-15-21-9-7-16-14-29-25(20-11-19(27)8-10-22(20)31)30-24(16)26(21,12-17(13-28)23(15)32)18-5-3-2-4-6-18/h2-6,8,10-11,14-15,17,21,31H,7,9,12H2,1H3/t15-,17?,21-,26-/m0/s1. The van der Waals surface area contributed by atoms with E-state index >= 15 is 0 Å². The smallest absolute Gasteiger partial charge is 0.163 e. The maximum atomic E-state index is 13.0. The van der Waals surface area contributed by atoms with Crippen LogP contribution in [-0.2, 0) is 16.6 Å². The van der Waals surface area contributed by atoms with Crippen molar-refractivity contribution in [3.8, 4) is 23.2 Å². The number of aromatic hydroxyl groups is 1. The zero-order valence-corrected chi connectivity index (χ0v) is 19.2. The van der Waals surface area contributed by atoms with Crippen molar-refractivity contribution in [2.24, 2.45) is 17.8 Å². The van der Waals surface area contributed by atoms with Crippen LogP contribution < -0.4 is 0 Å². The third-order valence-corrected chi connectivity index (χ3v) is 7.70. The lowest BCUT2D eigenvalue weighted by Gasteiger charge is -2.51. The van der Waals surface area contributed by atoms with E-state index in [1.54, 1.807) is 18.2 Å². The highest BCUT2D eigenvalue weighted by atomic mass is 79.9. The van der Waals surface area contributed by atoms with Gasteiger partial charge in [0.05, 0.1) is 17.3 Å². The number of nitrogens with zero attached hydrogens (tertiary/aromatic N) is 3. The number of hydrogen-bond acceptors (Lipinski definition) is 5. The van der Waals surface area contributed by atoms with Crippen LogP contribution in [0.5, 0.6) is 5.75 Å². The Morgan fingerprint density at radius 2 is 2.00 bits per heavy atom. The molecule has 0 radical (unpaired) electrons. The van der Waals surface area contributed by atoms with E-state index in [9.17, 15) is 15.2 Å². The topological polar surface area (TPSA) is 86.9 Å². The summed E-state index contributed by atoms with van der Waals surface area (Å²) in [6.07, 6.45) is 3.89. The highest BCUT2D eigenvalue weighted by Crippen LogP contribution is 2.55. The van der Waals surface area contributed by atoms with Crippen molar-refractivity contribution < 1.29 is 9.90 Å². The van der Waals surface area contributed by atoms with E-state index in [1.165, 1.54) is 0 Å². The van der Waals surface area contributed by atoms with Gasteiger partial charge in [0.25, 0.3) is 0 Å². The van der Waals surface area contributed by atoms with Gasteiger partial charge in [0.15, 0.2) is 11.6 Å². The number of Topliss-reactive ketones (excluding diaryl/α,β-unsaturated/α-hetero) is 1. The minimum atomic E-state index is -0.676. The lowest BCUT2D eigenvalue weighted by molar-refractivity contribution is -0.131. The first-order chi connectivity index (χ1) is 15.5. The molecule has 4 atom stereocenters. The fraction of sp³-hybridized carbons (Fsp3) is 0.308. The Kier molecular flexibility index (Phi) is 5.10. The Morgan fingerprint density at radius 3 is 2.75 bits per heavy atom. The first-order valence-electron chi connectivity index (χ1n) is 10.8. The third-order valence-electron chi connectivity index (χ3n) is 7.21. The van der Waals surface area contributed by atoms with Gasteiger partial charge in [-0.05, 0) is 54.5 Å². The Bertz CT molecular complexity index is 1250. The summed E-state index contributed by atoms with van der Waals surface area (Å²) >= 11 is 3.46. The fourth-order valence-electron chi connectivity index (χ4n) is 5.70. The zero-order valence-electron chi connectivity index (χ0n) is 17.6. The number of aromatic nitrogens is 2. The molecule has 0 spiro atoms. The van der Waals surface area contributed by atoms with Crippen molar-refractivity contribution in [3.05, 3.63) is 76.0 Å². The number of phenols is 1. The average Bonchev–Trinajstić information content (AvgIpc) is 2.83. The van der Waals surface area contributed by atoms with Crippen molar-refractivity contribution >= 4 is 21.7 Å². The number of ketones is 1. The van der Waals surface area contributed by atoms with Crippen LogP contribution in [0.15, 0.2) is 59.2 Å². The predicted octanol–water partition coefficient (Wildman–Crippen LogP) is 5.21. The Morgan fingerprint density at radius 1 is 1.22 bits per heavy atom. The molecule has 1 aromatic heterocycles. The Labute approximate surface area is 195 Å². The summed E-state index contributed by atoms with van der Waals surface area (Å²) in [5, 5.41) is 20.3. The highest BCUT2D eigenvalue weighted by Gasteiger charge is 2.56. The molecule has 2 aromatic carbocycles. The van der Waals surface area contributed by atoms with Gasteiger partial charge in [-0.3, -0.25) is 4.79 Å². The van der Waals surface area contributed by atoms with E-state index in [1.807, 2.05) is 31.3 Å². The fourth-order valence-corrected chi connectivity index (χ4v) is 6.06. The normalized spacial score (nSPS) is 26.7. The number of benzene rings is 2. The molecule has 1 unspecified atom stereocenters. The molecule has 0 bridgehead atoms. The van der Waals surface area contributed by atoms with E-state index in [0.717, 1.165) is 34.1 Å². The molecule has 160 valence electrons. The van der Waals surface area contributed by atoms with Crippen LogP contribution in [0.1, 0.15) is 36.6 Å². The first kappa shape index (κ1) is 20.8. The molecule has 1 saturated carbocycles. The second-order valence-electron chi connectivity index (χ2n) is 8.79. The van der Waals surface area contributed by atoms with Gasteiger partial charge in [-0.1, -0.05) is 53.2 Å². The number of phenolic OH excluding ortho intramolecular Hbond substituents is 1. The number of hydrogen-bond donors (Lipinski definition) is 1. The maximum absolute atomic E-state index is 13.0. The van der Waals surface area contributed by atoms with Gasteiger partial charge in [0.1, 0.15) is 11.7 Å². The van der Waals surface area contributed by atoms with E-state index in [-0.39, 0.29) is 23.4 Å². The second-order valence-corrected chi connectivity index (χ2v) is 9.70. The van der Waals surface area contributed by atoms with Crippen molar-refractivity contribution in [1.82, 2.24) is 9.97 Å². The van der Waals surface area contributed by atoms with Gasteiger partial charge < -0.3 is 5.11 Å². The van der Waals surface area contributed by atoms with Crippen molar-refractivity contribution in [2.45, 2.75) is 31.6 Å². The molecule has 32 heavy (non-hydrogen) atoms. The molecule has 2 aliphatic carbocycles. The Hall–Kier alpha value is -3.04. The summed E-state index contributed by atoms with van der Waals surface area (Å²) < 4.78 is 0.823. The van der Waals surface area contributed by atoms with Crippen molar-refractivity contribution in [2.75, 3.05) is 0 Å². The molecule has 5 rings (SSSR count). The molecule has 0 saturated heterocycles. The molecule has 1 heterocycles. The average molecular weight is 488 g/mol. The summed E-state index contributed by atoms with van der Waals surface area (Å²) in [6, 6.07) is 17.6. The van der Waals surface area contributed by atoms with E-state index in [2.05, 4.69) is 39.1 Å². The third kappa shape index (κ3) is 3.07. The quantitative estimate of drug-likeness (QED) is 0.535. The number of carbonyl (C=O) groups excluding carboxylic acids is 1. The first-order valence-corrected chi connectivity index (χ1v) is 11.6. The number of carbonyl (C=O) groups is 1. The molecule has 0 aliphatic heterocycles. The van der Waals surface area contributed by atoms with E-state index < -0.39 is 11.3 Å². The van der Waals surface area contributed by atoms with Crippen LogP contribution in [-0.4, -0.2) is 20.9 Å². The van der Waals surface area contributed by atoms with Crippen LogP contribution in [0.4, 0.5) is 0 Å². The monoisotopic (exact) mass is 487 g/mol. The summed E-state index contributed by atoms with van der Waals surface area (Å²) in [6.45, 7) is 1.96. The Balaban J connectivity index is 1.78. The van der Waals surface area contributed by atoms with Gasteiger partial charge in [0.2, 0.25) is 0 Å². The molecule has 2 aliphatic rings. The SMILES string of the molecule is C[C@@H]1C(=O)C(C#N)C[C@@]2(c3ccccc3)c3nc(-c4cc(Br)ccc4O)ncc3CC[C@@H]12. The minimum absolute atomic E-state index is 0.0337. The van der Waals surface area contributed by atoms with Gasteiger partial charge in [-0.25, -0.2) is 9.97 Å². The minimum Gasteiger partial charge on any atom is -0.507 e. The largest absolute Gasteiger partial charge is 0.507 e. The zero-order chi connectivity index (χ0) is 22.5. The molecular formula is C26H22BrN3O2. The molecule has 0 amide bonds. The van der Waals surface area contributed by atoms with E-state index in [0.29, 0.717) is 17.8 Å². The number of rotatable bonds is 2. The number of aryl methyl sites for hydroxylation is 1. The van der Waals surface area contributed by atoms with Gasteiger partial charge in [-0.15, -0.1) is 0 Å². The summed E-state index contributed by atoms with van der Waals surface area (Å²) in [7, 11) is 0. The number of nitriles is 1. The molecular weight excluding hydrogens is 466 g/mol. The van der Waals surface area contributed by atoms with Crippen LogP contribution in [0, 0.1) is 29.1 Å². The molecule has 6 heteroatoms. The highest BCUT2D eigenvalue weighted by molar-refractivity contribution is 9.10. The van der Waals surface area contributed by atoms with Crippen molar-refractivity contribution in [1.29, 1.82) is 5.26 Å². The molecule has 1 N–H and O–H groups in total. The lowest BCUT2D eigenvalue weighted by atomic mass is 9.51. The van der Waals surface area contributed by atoms with E-state index in [4.69, 9.17) is 4.98 Å². The summed E-state index contributed by atoms with van der Waals surface area (Å²) in [5.41, 5.74) is 2.99. The second kappa shape index (κ2) is 7.83. The maximum Gasteiger partial charge on any atom is 0.163 e. The van der Waals surface area contributed by atoms with Crippen LogP contribution in [0.25, 0.3) is 11.4 Å². The number of fused-ring (bicyclic) bond motifs is 3. The van der Waals surface area contributed by atoms with Crippen LogP contribution in [0.2, 0.25) is 0 Å². The van der Waals surface area contributed by atoms with Crippen LogP contribution in [0.3, 0.4) is 0 Å². The van der Waals surface area contributed by atoms with Gasteiger partial charge in [-0.2, -0.15) is 5.26 Å². The van der Waals surface area contributed by atoms with Gasteiger partial charge >= 0.3 is 0 Å². The molecule has 5 nitrogen and oxygen atoms in total. The number of halogens is 1. The van der Waals surface area contributed by atoms with Crippen LogP contribution >= 0.6 is 15.9 Å². The van der Waals surface area contributed by atoms with Crippen molar-refractivity contribution in [3.63, 3.8) is 0 Å². The van der Waals surface area contributed by atoms with Gasteiger partial charge in [0, 0.05) is 22.0 Å². The summed E-state index contributed by atoms with van der Waals surface area (Å²) in [5.74, 6) is -0.280.